The lowest BCUT2D eigenvalue weighted by molar-refractivity contribution is -0.137. The summed E-state index contributed by atoms with van der Waals surface area (Å²) in [6, 6.07) is 7.04. The van der Waals surface area contributed by atoms with Crippen molar-refractivity contribution in [2.75, 3.05) is 6.54 Å². The van der Waals surface area contributed by atoms with Gasteiger partial charge in [0.1, 0.15) is 5.65 Å². The summed E-state index contributed by atoms with van der Waals surface area (Å²) in [5.41, 5.74) is 1.18. The van der Waals surface area contributed by atoms with Gasteiger partial charge in [0.2, 0.25) is 15.9 Å². The number of alkyl halides is 3. The Balaban J connectivity index is 1.60. The predicted molar refractivity (Wildman–Crippen MR) is 98.4 cm³/mol. The number of nitrogens with zero attached hydrogens (tertiary/aromatic N) is 2. The molecular formula is C18H17F3N4O3S. The number of carbonyl (C=O) groups excluding carboxylic acids is 1. The SMILES string of the molecule is Cc1cccn2cc(CNC(=O)CNS(=O)(=O)c3cccc(C(F)(F)F)c3)nc12. The van der Waals surface area contributed by atoms with E-state index in [1.54, 1.807) is 10.6 Å². The monoisotopic (exact) mass is 426 g/mol. The van der Waals surface area contributed by atoms with E-state index < -0.39 is 39.1 Å². The first-order valence-corrected chi connectivity index (χ1v) is 9.91. The Morgan fingerprint density at radius 3 is 2.66 bits per heavy atom. The summed E-state index contributed by atoms with van der Waals surface area (Å²) in [7, 11) is -4.28. The minimum absolute atomic E-state index is 0.0746. The van der Waals surface area contributed by atoms with Crippen LogP contribution in [0.15, 0.2) is 53.7 Å². The van der Waals surface area contributed by atoms with Gasteiger partial charge in [-0.3, -0.25) is 4.79 Å². The molecule has 2 aromatic heterocycles. The lowest BCUT2D eigenvalue weighted by Gasteiger charge is -2.10. The van der Waals surface area contributed by atoms with Crippen LogP contribution in [0.1, 0.15) is 16.8 Å². The largest absolute Gasteiger partial charge is 0.416 e. The molecule has 0 bridgehead atoms. The highest BCUT2D eigenvalue weighted by Crippen LogP contribution is 2.30. The van der Waals surface area contributed by atoms with Crippen LogP contribution < -0.4 is 10.0 Å². The third kappa shape index (κ3) is 4.93. The molecule has 0 aliphatic heterocycles. The molecule has 154 valence electrons. The lowest BCUT2D eigenvalue weighted by atomic mass is 10.2. The van der Waals surface area contributed by atoms with Gasteiger partial charge in [0.15, 0.2) is 0 Å². The summed E-state index contributed by atoms with van der Waals surface area (Å²) in [6.45, 7) is 1.35. The maximum Gasteiger partial charge on any atom is 0.416 e. The van der Waals surface area contributed by atoms with Crippen molar-refractivity contribution in [1.29, 1.82) is 0 Å². The van der Waals surface area contributed by atoms with E-state index in [0.29, 0.717) is 11.8 Å². The number of hydrogen-bond acceptors (Lipinski definition) is 4. The fourth-order valence-electron chi connectivity index (χ4n) is 2.62. The summed E-state index contributed by atoms with van der Waals surface area (Å²) in [5, 5.41) is 2.52. The number of benzene rings is 1. The van der Waals surface area contributed by atoms with E-state index >= 15 is 0 Å². The van der Waals surface area contributed by atoms with Crippen LogP contribution in [0.5, 0.6) is 0 Å². The van der Waals surface area contributed by atoms with Gasteiger partial charge in [-0.05, 0) is 36.8 Å². The van der Waals surface area contributed by atoms with E-state index in [-0.39, 0.29) is 6.54 Å². The second-order valence-corrected chi connectivity index (χ2v) is 8.05. The fourth-order valence-corrected chi connectivity index (χ4v) is 3.65. The Labute approximate surface area is 164 Å². The van der Waals surface area contributed by atoms with E-state index in [4.69, 9.17) is 0 Å². The minimum atomic E-state index is -4.67. The number of aryl methyl sites for hydroxylation is 1. The standard InChI is InChI=1S/C18H17F3N4O3S/c1-12-4-3-7-25-11-14(24-17(12)25)9-22-16(26)10-23-29(27,28)15-6-2-5-13(8-15)18(19,20)21/h2-8,11,23H,9-10H2,1H3,(H,22,26). The van der Waals surface area contributed by atoms with Gasteiger partial charge >= 0.3 is 6.18 Å². The average molecular weight is 426 g/mol. The smallest absolute Gasteiger partial charge is 0.349 e. The molecule has 0 aliphatic carbocycles. The van der Waals surface area contributed by atoms with E-state index in [2.05, 4.69) is 10.3 Å². The van der Waals surface area contributed by atoms with Gasteiger partial charge < -0.3 is 9.72 Å². The number of aromatic nitrogens is 2. The molecule has 7 nitrogen and oxygen atoms in total. The number of fused-ring (bicyclic) bond motifs is 1. The zero-order valence-electron chi connectivity index (χ0n) is 15.2. The molecule has 11 heteroatoms. The number of imidazole rings is 1. The highest BCUT2D eigenvalue weighted by molar-refractivity contribution is 7.89. The number of rotatable bonds is 6. The van der Waals surface area contributed by atoms with Crippen LogP contribution >= 0.6 is 0 Å². The van der Waals surface area contributed by atoms with Crippen molar-refractivity contribution in [2.24, 2.45) is 0 Å². The summed E-state index contributed by atoms with van der Waals surface area (Å²) in [5.74, 6) is -0.644. The van der Waals surface area contributed by atoms with E-state index in [0.717, 1.165) is 29.4 Å². The van der Waals surface area contributed by atoms with Crippen LogP contribution in [0.25, 0.3) is 5.65 Å². The minimum Gasteiger partial charge on any atom is -0.349 e. The number of carbonyl (C=O) groups is 1. The highest BCUT2D eigenvalue weighted by atomic mass is 32.2. The molecule has 1 amide bonds. The van der Waals surface area contributed by atoms with Crippen molar-refractivity contribution in [1.82, 2.24) is 19.4 Å². The molecule has 0 saturated carbocycles. The fraction of sp³-hybridized carbons (Fsp3) is 0.222. The second kappa shape index (κ2) is 7.84. The van der Waals surface area contributed by atoms with Gasteiger partial charge in [0.25, 0.3) is 0 Å². The van der Waals surface area contributed by atoms with Crippen LogP contribution in [0.2, 0.25) is 0 Å². The normalized spacial score (nSPS) is 12.3. The Bertz CT molecular complexity index is 1160. The molecule has 2 N–H and O–H groups in total. The van der Waals surface area contributed by atoms with Gasteiger partial charge in [0.05, 0.1) is 29.2 Å². The number of nitrogens with one attached hydrogen (secondary N) is 2. The van der Waals surface area contributed by atoms with Crippen molar-refractivity contribution >= 4 is 21.6 Å². The maximum atomic E-state index is 12.7. The van der Waals surface area contributed by atoms with E-state index in [9.17, 15) is 26.4 Å². The summed E-state index contributed by atoms with van der Waals surface area (Å²) < 4.78 is 66.4. The summed E-state index contributed by atoms with van der Waals surface area (Å²) >= 11 is 0. The first kappa shape index (κ1) is 20.8. The Morgan fingerprint density at radius 1 is 1.21 bits per heavy atom. The van der Waals surface area contributed by atoms with Crippen molar-refractivity contribution in [3.05, 3.63) is 65.6 Å². The van der Waals surface area contributed by atoms with Crippen molar-refractivity contribution in [2.45, 2.75) is 24.5 Å². The predicted octanol–water partition coefficient (Wildman–Crippen LogP) is 2.26. The van der Waals surface area contributed by atoms with Crippen LogP contribution in [0.3, 0.4) is 0 Å². The Kier molecular flexibility index (Phi) is 5.62. The number of amides is 1. The Hall–Kier alpha value is -2.92. The van der Waals surface area contributed by atoms with Gasteiger partial charge in [-0.25, -0.2) is 18.1 Å². The van der Waals surface area contributed by atoms with Crippen LogP contribution in [-0.2, 0) is 27.5 Å². The molecule has 0 spiro atoms. The highest BCUT2D eigenvalue weighted by Gasteiger charge is 2.31. The second-order valence-electron chi connectivity index (χ2n) is 6.28. The molecular weight excluding hydrogens is 409 g/mol. The molecule has 0 atom stereocenters. The van der Waals surface area contributed by atoms with Gasteiger partial charge in [-0.1, -0.05) is 12.1 Å². The number of halogens is 3. The number of pyridine rings is 1. The molecule has 0 saturated heterocycles. The topological polar surface area (TPSA) is 92.6 Å². The van der Waals surface area contributed by atoms with Crippen LogP contribution in [0, 0.1) is 6.92 Å². The van der Waals surface area contributed by atoms with Gasteiger partial charge in [-0.15, -0.1) is 0 Å². The Morgan fingerprint density at radius 2 is 1.97 bits per heavy atom. The zero-order valence-corrected chi connectivity index (χ0v) is 16.0. The van der Waals surface area contributed by atoms with E-state index in [1.165, 1.54) is 0 Å². The first-order valence-electron chi connectivity index (χ1n) is 8.43. The quantitative estimate of drug-likeness (QED) is 0.633. The molecule has 0 fully saturated rings. The van der Waals surface area contributed by atoms with Gasteiger partial charge in [-0.2, -0.15) is 13.2 Å². The van der Waals surface area contributed by atoms with E-state index in [1.807, 2.05) is 30.0 Å². The zero-order chi connectivity index (χ0) is 21.2. The molecule has 29 heavy (non-hydrogen) atoms. The summed E-state index contributed by atoms with van der Waals surface area (Å²) in [4.78, 5) is 15.8. The van der Waals surface area contributed by atoms with Gasteiger partial charge in [0, 0.05) is 12.4 Å². The maximum absolute atomic E-state index is 12.7. The molecule has 0 unspecified atom stereocenters. The van der Waals surface area contributed by atoms with Crippen molar-refractivity contribution in [3.8, 4) is 0 Å². The molecule has 0 radical (unpaired) electrons. The van der Waals surface area contributed by atoms with Crippen LogP contribution in [-0.4, -0.2) is 30.3 Å². The van der Waals surface area contributed by atoms with Crippen molar-refractivity contribution in [3.63, 3.8) is 0 Å². The molecule has 2 heterocycles. The first-order chi connectivity index (χ1) is 13.6. The van der Waals surface area contributed by atoms with Crippen molar-refractivity contribution < 1.29 is 26.4 Å². The average Bonchev–Trinajstić information content (AvgIpc) is 3.09. The lowest BCUT2D eigenvalue weighted by Crippen LogP contribution is -2.36. The third-order valence-electron chi connectivity index (χ3n) is 4.09. The number of hydrogen-bond donors (Lipinski definition) is 2. The molecule has 3 aromatic rings. The van der Waals surface area contributed by atoms with Crippen LogP contribution in [0.4, 0.5) is 13.2 Å². The molecule has 1 aromatic carbocycles. The third-order valence-corrected chi connectivity index (χ3v) is 5.49. The summed E-state index contributed by atoms with van der Waals surface area (Å²) in [6.07, 6.45) is -1.13. The molecule has 0 aliphatic rings. The molecule has 3 rings (SSSR count). The number of sulfonamides is 1.